The Morgan fingerprint density at radius 3 is 2.47 bits per heavy atom. The number of carbonyl (C=O) groups is 1. The molecule has 0 saturated heterocycles. The van der Waals surface area contributed by atoms with Crippen LogP contribution in [-0.4, -0.2) is 19.3 Å². The highest BCUT2D eigenvalue weighted by molar-refractivity contribution is 7.92. The molecule has 0 radical (unpaired) electrons. The van der Waals surface area contributed by atoms with Gasteiger partial charge in [-0.1, -0.05) is 18.2 Å². The molecular formula is C21H16ClF2N3O4S. The van der Waals surface area contributed by atoms with E-state index >= 15 is 0 Å². The number of benzene rings is 2. The average Bonchev–Trinajstić information content (AvgIpc) is 2.73. The van der Waals surface area contributed by atoms with Gasteiger partial charge in [-0.25, -0.2) is 22.2 Å². The topological polar surface area (TPSA) is 97.4 Å². The fraction of sp³-hybridized carbons (Fsp3) is 0.0476. The van der Waals surface area contributed by atoms with E-state index < -0.39 is 27.6 Å². The molecule has 0 unspecified atom stereocenters. The second-order valence-electron chi connectivity index (χ2n) is 6.53. The van der Waals surface area contributed by atoms with Crippen molar-refractivity contribution >= 4 is 38.9 Å². The van der Waals surface area contributed by atoms with Crippen LogP contribution in [0, 0.1) is 12.7 Å². The van der Waals surface area contributed by atoms with E-state index in [0.29, 0.717) is 11.3 Å². The summed E-state index contributed by atoms with van der Waals surface area (Å²) in [4.78, 5) is 15.1. The largest absolute Gasteiger partial charge is 0.437 e. The van der Waals surface area contributed by atoms with Gasteiger partial charge in [-0.3, -0.25) is 9.52 Å². The zero-order valence-electron chi connectivity index (χ0n) is 16.5. The number of rotatable bonds is 7. The molecule has 0 aliphatic heterocycles. The van der Waals surface area contributed by atoms with Crippen molar-refractivity contribution in [2.75, 3.05) is 10.0 Å². The average molecular weight is 480 g/mol. The van der Waals surface area contributed by atoms with E-state index in [1.807, 2.05) is 0 Å². The summed E-state index contributed by atoms with van der Waals surface area (Å²) in [7, 11) is -4.17. The highest BCUT2D eigenvalue weighted by Crippen LogP contribution is 2.31. The number of sulfonamides is 1. The fourth-order valence-electron chi connectivity index (χ4n) is 2.48. The van der Waals surface area contributed by atoms with Gasteiger partial charge in [0.2, 0.25) is 5.88 Å². The summed E-state index contributed by atoms with van der Waals surface area (Å²) < 4.78 is 59.9. The van der Waals surface area contributed by atoms with Gasteiger partial charge in [0.1, 0.15) is 17.3 Å². The first kappa shape index (κ1) is 23.2. The van der Waals surface area contributed by atoms with E-state index in [1.165, 1.54) is 36.5 Å². The van der Waals surface area contributed by atoms with Gasteiger partial charge in [0.05, 0.1) is 9.92 Å². The molecular weight excluding hydrogens is 464 g/mol. The van der Waals surface area contributed by atoms with Gasteiger partial charge >= 0.3 is 0 Å². The molecule has 1 amide bonds. The minimum absolute atomic E-state index is 0.0199. The van der Waals surface area contributed by atoms with Gasteiger partial charge in [-0.05, 0) is 61.0 Å². The summed E-state index contributed by atoms with van der Waals surface area (Å²) in [5.74, 6) is -2.79. The van der Waals surface area contributed by atoms with Crippen molar-refractivity contribution in [3.63, 3.8) is 0 Å². The van der Waals surface area contributed by atoms with Gasteiger partial charge in [-0.15, -0.1) is 0 Å². The first-order valence-corrected chi connectivity index (χ1v) is 10.8. The molecule has 0 spiro atoms. The molecule has 1 aromatic heterocycles. The maximum Gasteiger partial charge on any atom is 0.283 e. The van der Waals surface area contributed by atoms with Crippen molar-refractivity contribution in [1.82, 2.24) is 4.98 Å². The molecule has 1 heterocycles. The van der Waals surface area contributed by atoms with Crippen molar-refractivity contribution < 1.29 is 26.7 Å². The molecule has 2 N–H and O–H groups in total. The van der Waals surface area contributed by atoms with Crippen LogP contribution in [0.4, 0.5) is 20.2 Å². The smallest absolute Gasteiger partial charge is 0.283 e. The van der Waals surface area contributed by atoms with Gasteiger partial charge in [0.25, 0.3) is 15.9 Å². The summed E-state index contributed by atoms with van der Waals surface area (Å²) in [5, 5.41) is 2.08. The third kappa shape index (κ3) is 5.59. The van der Waals surface area contributed by atoms with Crippen molar-refractivity contribution in [1.29, 1.82) is 0 Å². The van der Waals surface area contributed by atoms with E-state index in [-0.39, 0.29) is 27.2 Å². The van der Waals surface area contributed by atoms with Crippen LogP contribution in [0.1, 0.15) is 5.56 Å². The Morgan fingerprint density at radius 1 is 1.16 bits per heavy atom. The van der Waals surface area contributed by atoms with Gasteiger partial charge < -0.3 is 10.1 Å². The standard InChI is InChI=1S/C21H16ClF2N3O4S/c1-12-9-19(27-32(29,30)16-7-8-17(22)18(24)10-16)21(25-11-12)31-15-5-3-14(4-6-15)26-20(28)13(2)23/h3-11,27H,2H2,1H3,(H,26,28). The summed E-state index contributed by atoms with van der Waals surface area (Å²) in [5.41, 5.74) is 0.956. The fourth-order valence-corrected chi connectivity index (χ4v) is 3.65. The summed E-state index contributed by atoms with van der Waals surface area (Å²) in [6.45, 7) is 4.61. The number of anilines is 2. The Morgan fingerprint density at radius 2 is 1.84 bits per heavy atom. The van der Waals surface area contributed by atoms with Crippen LogP contribution >= 0.6 is 11.6 Å². The summed E-state index contributed by atoms with van der Waals surface area (Å²) in [6, 6.07) is 10.4. The van der Waals surface area contributed by atoms with Crippen LogP contribution in [0.5, 0.6) is 11.6 Å². The van der Waals surface area contributed by atoms with Crippen molar-refractivity contribution in [3.8, 4) is 11.6 Å². The predicted molar refractivity (Wildman–Crippen MR) is 117 cm³/mol. The molecule has 0 fully saturated rings. The Kier molecular flexibility index (Phi) is 6.75. The van der Waals surface area contributed by atoms with Crippen LogP contribution in [-0.2, 0) is 14.8 Å². The third-order valence-electron chi connectivity index (χ3n) is 4.01. The van der Waals surface area contributed by atoms with Crippen LogP contribution in [0.3, 0.4) is 0 Å². The number of ether oxygens (including phenoxy) is 1. The maximum absolute atomic E-state index is 13.7. The van der Waals surface area contributed by atoms with Crippen molar-refractivity contribution in [2.24, 2.45) is 0 Å². The minimum atomic E-state index is -4.17. The first-order valence-electron chi connectivity index (χ1n) is 8.93. The number of hydrogen-bond donors (Lipinski definition) is 2. The van der Waals surface area contributed by atoms with E-state index in [9.17, 15) is 22.0 Å². The van der Waals surface area contributed by atoms with E-state index in [0.717, 1.165) is 18.2 Å². The Labute approximate surface area is 187 Å². The molecule has 11 heteroatoms. The monoisotopic (exact) mass is 479 g/mol. The van der Waals surface area contributed by atoms with Crippen LogP contribution < -0.4 is 14.8 Å². The number of halogens is 3. The van der Waals surface area contributed by atoms with Gasteiger partial charge in [0, 0.05) is 11.9 Å². The normalized spacial score (nSPS) is 11.0. The SMILES string of the molecule is C=C(F)C(=O)Nc1ccc(Oc2ncc(C)cc2NS(=O)(=O)c2ccc(Cl)c(F)c2)cc1. The second-order valence-corrected chi connectivity index (χ2v) is 8.62. The van der Waals surface area contributed by atoms with E-state index in [2.05, 4.69) is 21.6 Å². The third-order valence-corrected chi connectivity index (χ3v) is 5.68. The number of pyridine rings is 1. The van der Waals surface area contributed by atoms with Gasteiger partial charge in [0.15, 0.2) is 5.83 Å². The number of amides is 1. The molecule has 0 atom stereocenters. The predicted octanol–water partition coefficient (Wildman–Crippen LogP) is 5.20. The van der Waals surface area contributed by atoms with Crippen molar-refractivity contribution in [3.05, 3.63) is 83.5 Å². The number of aromatic nitrogens is 1. The summed E-state index contributed by atoms with van der Waals surface area (Å²) in [6.07, 6.45) is 1.47. The number of nitrogens with zero attached hydrogens (tertiary/aromatic N) is 1. The van der Waals surface area contributed by atoms with E-state index in [1.54, 1.807) is 6.92 Å². The molecule has 2 aromatic carbocycles. The quantitative estimate of drug-likeness (QED) is 0.454. The molecule has 32 heavy (non-hydrogen) atoms. The lowest BCUT2D eigenvalue weighted by Gasteiger charge is -2.14. The molecule has 7 nitrogen and oxygen atoms in total. The number of nitrogens with one attached hydrogen (secondary N) is 2. The Bertz CT molecular complexity index is 1300. The number of aryl methyl sites for hydroxylation is 1. The zero-order valence-corrected chi connectivity index (χ0v) is 18.1. The van der Waals surface area contributed by atoms with Crippen LogP contribution in [0.15, 0.2) is 72.0 Å². The molecule has 3 rings (SSSR count). The van der Waals surface area contributed by atoms with Gasteiger partial charge in [-0.2, -0.15) is 0 Å². The molecule has 0 aliphatic carbocycles. The summed E-state index contributed by atoms with van der Waals surface area (Å²) >= 11 is 5.62. The highest BCUT2D eigenvalue weighted by Gasteiger charge is 2.19. The molecule has 166 valence electrons. The Balaban J connectivity index is 1.84. The lowest BCUT2D eigenvalue weighted by Crippen LogP contribution is -2.14. The molecule has 0 aliphatic rings. The Hall–Kier alpha value is -3.50. The molecule has 3 aromatic rings. The van der Waals surface area contributed by atoms with Crippen LogP contribution in [0.25, 0.3) is 0 Å². The lowest BCUT2D eigenvalue weighted by atomic mass is 10.3. The molecule has 0 bridgehead atoms. The highest BCUT2D eigenvalue weighted by atomic mass is 35.5. The lowest BCUT2D eigenvalue weighted by molar-refractivity contribution is -0.114. The maximum atomic E-state index is 13.7. The zero-order chi connectivity index (χ0) is 23.5. The number of hydrogen-bond acceptors (Lipinski definition) is 5. The van der Waals surface area contributed by atoms with Crippen LogP contribution in [0.2, 0.25) is 5.02 Å². The first-order chi connectivity index (χ1) is 15.0. The second kappa shape index (κ2) is 9.33. The minimum Gasteiger partial charge on any atom is -0.437 e. The molecule has 0 saturated carbocycles. The number of carbonyl (C=O) groups excluding carboxylic acids is 1. The van der Waals surface area contributed by atoms with E-state index in [4.69, 9.17) is 16.3 Å². The van der Waals surface area contributed by atoms with Crippen molar-refractivity contribution in [2.45, 2.75) is 11.8 Å².